The molecule has 0 unspecified atom stereocenters. The third-order valence-corrected chi connectivity index (χ3v) is 4.02. The summed E-state index contributed by atoms with van der Waals surface area (Å²) in [5, 5.41) is 10.3. The Morgan fingerprint density at radius 1 is 1.41 bits per heavy atom. The first-order valence-corrected chi connectivity index (χ1v) is 7.85. The minimum absolute atomic E-state index is 0.102. The minimum atomic E-state index is -0.303. The lowest BCUT2D eigenvalue weighted by molar-refractivity contribution is -0.144. The number of ether oxygens (including phenoxy) is 1. The van der Waals surface area contributed by atoms with Crippen LogP contribution in [-0.2, 0) is 9.53 Å². The molecule has 1 aliphatic rings. The number of amides is 1. The number of carbonyl (C=O) groups excluding carboxylic acids is 2. The van der Waals surface area contributed by atoms with Crippen molar-refractivity contribution in [1.29, 1.82) is 0 Å². The van der Waals surface area contributed by atoms with Crippen LogP contribution in [0.25, 0.3) is 0 Å². The molecule has 1 aromatic rings. The Bertz CT molecular complexity index is 561. The van der Waals surface area contributed by atoms with E-state index in [1.54, 1.807) is 11.8 Å². The first kappa shape index (κ1) is 16.6. The molecule has 22 heavy (non-hydrogen) atoms. The van der Waals surface area contributed by atoms with Gasteiger partial charge in [0.25, 0.3) is 5.91 Å². The Labute approximate surface area is 134 Å². The lowest BCUT2D eigenvalue weighted by Gasteiger charge is -2.35. The smallest absolute Gasteiger partial charge is 0.307 e. The number of phenols is 1. The topological polar surface area (TPSA) is 66.8 Å². The second-order valence-corrected chi connectivity index (χ2v) is 5.76. The average Bonchev–Trinajstić information content (AvgIpc) is 2.50. The standard InChI is InChI=1S/C16H20ClNO4/c1-2-22-15(20)10-12-5-3-4-8-18(12)16(21)13-9-11(17)6-7-14(13)19/h6-7,9,12,19H,2-5,8,10H2,1H3/t12-/m0/s1. The van der Waals surface area contributed by atoms with Gasteiger partial charge in [0, 0.05) is 17.6 Å². The summed E-state index contributed by atoms with van der Waals surface area (Å²) in [6, 6.07) is 4.19. The van der Waals surface area contributed by atoms with E-state index in [4.69, 9.17) is 16.3 Å². The summed E-state index contributed by atoms with van der Waals surface area (Å²) in [7, 11) is 0. The zero-order valence-corrected chi connectivity index (χ0v) is 13.3. The van der Waals surface area contributed by atoms with E-state index in [2.05, 4.69) is 0 Å². The van der Waals surface area contributed by atoms with Gasteiger partial charge in [-0.2, -0.15) is 0 Å². The first-order valence-electron chi connectivity index (χ1n) is 7.48. The van der Waals surface area contributed by atoms with Crippen LogP contribution in [0.4, 0.5) is 0 Å². The van der Waals surface area contributed by atoms with E-state index in [0.717, 1.165) is 19.3 Å². The molecule has 0 bridgehead atoms. The number of piperidine rings is 1. The van der Waals surface area contributed by atoms with Crippen LogP contribution in [0.1, 0.15) is 43.0 Å². The number of carbonyl (C=O) groups is 2. The van der Waals surface area contributed by atoms with Gasteiger partial charge in [-0.3, -0.25) is 9.59 Å². The quantitative estimate of drug-likeness (QED) is 0.864. The molecule has 1 heterocycles. The number of benzene rings is 1. The summed E-state index contributed by atoms with van der Waals surface area (Å²) in [6.07, 6.45) is 2.79. The van der Waals surface area contributed by atoms with E-state index in [-0.39, 0.29) is 35.7 Å². The molecule has 5 nitrogen and oxygen atoms in total. The summed E-state index contributed by atoms with van der Waals surface area (Å²) in [5.74, 6) is -0.702. The van der Waals surface area contributed by atoms with E-state index in [9.17, 15) is 14.7 Å². The third-order valence-electron chi connectivity index (χ3n) is 3.78. The van der Waals surface area contributed by atoms with Crippen LogP contribution in [0, 0.1) is 0 Å². The van der Waals surface area contributed by atoms with Crippen LogP contribution in [0.15, 0.2) is 18.2 Å². The van der Waals surface area contributed by atoms with E-state index < -0.39 is 0 Å². The zero-order valence-electron chi connectivity index (χ0n) is 12.5. The maximum Gasteiger partial charge on any atom is 0.307 e. The summed E-state index contributed by atoms with van der Waals surface area (Å²) >= 11 is 5.91. The molecule has 1 aromatic carbocycles. The number of aromatic hydroxyl groups is 1. The molecule has 6 heteroatoms. The van der Waals surface area contributed by atoms with Crippen molar-refractivity contribution >= 4 is 23.5 Å². The fourth-order valence-electron chi connectivity index (χ4n) is 2.73. The maximum atomic E-state index is 12.7. The highest BCUT2D eigenvalue weighted by Crippen LogP contribution is 2.27. The van der Waals surface area contributed by atoms with Crippen molar-refractivity contribution in [2.75, 3.05) is 13.2 Å². The molecule has 2 rings (SSSR count). The predicted molar refractivity (Wildman–Crippen MR) is 83.0 cm³/mol. The third kappa shape index (κ3) is 3.91. The lowest BCUT2D eigenvalue weighted by Crippen LogP contribution is -2.45. The number of hydrogen-bond acceptors (Lipinski definition) is 4. The Balaban J connectivity index is 2.17. The molecule has 1 amide bonds. The fraction of sp³-hybridized carbons (Fsp3) is 0.500. The van der Waals surface area contributed by atoms with E-state index in [1.165, 1.54) is 18.2 Å². The molecule has 0 saturated carbocycles. The van der Waals surface area contributed by atoms with E-state index in [0.29, 0.717) is 18.2 Å². The predicted octanol–water partition coefficient (Wildman–Crippen LogP) is 2.99. The normalized spacial score (nSPS) is 18.1. The highest BCUT2D eigenvalue weighted by molar-refractivity contribution is 6.31. The highest BCUT2D eigenvalue weighted by atomic mass is 35.5. The van der Waals surface area contributed by atoms with Gasteiger partial charge < -0.3 is 14.7 Å². The molecule has 0 aliphatic carbocycles. The van der Waals surface area contributed by atoms with Crippen LogP contribution in [0.5, 0.6) is 5.75 Å². The van der Waals surface area contributed by atoms with E-state index >= 15 is 0 Å². The summed E-state index contributed by atoms with van der Waals surface area (Å²) in [5.41, 5.74) is 0.170. The number of hydrogen-bond donors (Lipinski definition) is 1. The highest BCUT2D eigenvalue weighted by Gasteiger charge is 2.30. The monoisotopic (exact) mass is 325 g/mol. The number of nitrogens with zero attached hydrogens (tertiary/aromatic N) is 1. The molecule has 0 radical (unpaired) electrons. The van der Waals surface area contributed by atoms with Crippen LogP contribution >= 0.6 is 11.6 Å². The van der Waals surface area contributed by atoms with Crippen molar-refractivity contribution in [2.24, 2.45) is 0 Å². The van der Waals surface area contributed by atoms with Gasteiger partial charge >= 0.3 is 5.97 Å². The van der Waals surface area contributed by atoms with Crippen LogP contribution in [-0.4, -0.2) is 41.1 Å². The van der Waals surface area contributed by atoms with Gasteiger partial charge in [0.1, 0.15) is 5.75 Å². The second kappa shape index (κ2) is 7.49. The summed E-state index contributed by atoms with van der Waals surface area (Å²) in [6.45, 7) is 2.65. The molecular formula is C16H20ClNO4. The first-order chi connectivity index (χ1) is 10.5. The van der Waals surface area contributed by atoms with Crippen LogP contribution < -0.4 is 0 Å². The number of likely N-dealkylation sites (tertiary alicyclic amines) is 1. The second-order valence-electron chi connectivity index (χ2n) is 5.32. The van der Waals surface area contributed by atoms with Gasteiger partial charge in [-0.05, 0) is 44.4 Å². The largest absolute Gasteiger partial charge is 0.507 e. The molecule has 1 fully saturated rings. The van der Waals surface area contributed by atoms with Gasteiger partial charge in [0.2, 0.25) is 0 Å². The Morgan fingerprint density at radius 2 is 2.18 bits per heavy atom. The maximum absolute atomic E-state index is 12.7. The molecule has 1 aliphatic heterocycles. The van der Waals surface area contributed by atoms with Crippen LogP contribution in [0.2, 0.25) is 5.02 Å². The number of rotatable bonds is 4. The number of esters is 1. The average molecular weight is 326 g/mol. The molecule has 1 saturated heterocycles. The SMILES string of the molecule is CCOC(=O)C[C@@H]1CCCCN1C(=O)c1cc(Cl)ccc1O. The van der Waals surface area contributed by atoms with Crippen molar-refractivity contribution in [2.45, 2.75) is 38.6 Å². The Hall–Kier alpha value is -1.75. The van der Waals surface area contributed by atoms with Gasteiger partial charge in [-0.1, -0.05) is 11.6 Å². The van der Waals surface area contributed by atoms with Gasteiger partial charge in [0.15, 0.2) is 0 Å². The fourth-order valence-corrected chi connectivity index (χ4v) is 2.90. The number of halogens is 1. The van der Waals surface area contributed by atoms with Gasteiger partial charge in [-0.25, -0.2) is 0 Å². The van der Waals surface area contributed by atoms with E-state index in [1.807, 2.05) is 0 Å². The summed E-state index contributed by atoms with van der Waals surface area (Å²) in [4.78, 5) is 26.0. The minimum Gasteiger partial charge on any atom is -0.507 e. The Kier molecular flexibility index (Phi) is 5.66. The number of phenolic OH excluding ortho intramolecular Hbond substituents is 1. The molecular weight excluding hydrogens is 306 g/mol. The molecule has 0 aromatic heterocycles. The van der Waals surface area contributed by atoms with Crippen molar-refractivity contribution in [1.82, 2.24) is 4.90 Å². The Morgan fingerprint density at radius 3 is 2.91 bits per heavy atom. The molecule has 120 valence electrons. The van der Waals surface area contributed by atoms with Gasteiger partial charge in [0.05, 0.1) is 18.6 Å². The van der Waals surface area contributed by atoms with Crippen molar-refractivity contribution in [3.8, 4) is 5.75 Å². The van der Waals surface area contributed by atoms with Crippen molar-refractivity contribution in [3.05, 3.63) is 28.8 Å². The van der Waals surface area contributed by atoms with Gasteiger partial charge in [-0.15, -0.1) is 0 Å². The summed E-state index contributed by atoms with van der Waals surface area (Å²) < 4.78 is 4.97. The zero-order chi connectivity index (χ0) is 16.1. The molecule has 0 spiro atoms. The van der Waals surface area contributed by atoms with Crippen molar-refractivity contribution < 1.29 is 19.4 Å². The lowest BCUT2D eigenvalue weighted by atomic mass is 9.98. The van der Waals surface area contributed by atoms with Crippen molar-refractivity contribution in [3.63, 3.8) is 0 Å². The molecule has 1 atom stereocenters. The molecule has 1 N–H and O–H groups in total. The van der Waals surface area contributed by atoms with Crippen LogP contribution in [0.3, 0.4) is 0 Å².